The predicted molar refractivity (Wildman–Crippen MR) is 104 cm³/mol. The number of aromatic carboxylic acids is 1. The number of hydrogen-bond acceptors (Lipinski definition) is 3. The summed E-state index contributed by atoms with van der Waals surface area (Å²) in [6.45, 7) is 0. The largest absolute Gasteiger partial charge is 0.478 e. The highest BCUT2D eigenvalue weighted by Gasteiger charge is 2.06. The van der Waals surface area contributed by atoms with Crippen LogP contribution in [0.25, 0.3) is 0 Å². The summed E-state index contributed by atoms with van der Waals surface area (Å²) >= 11 is 5.81. The second-order valence-electron chi connectivity index (χ2n) is 5.55. The maximum Gasteiger partial charge on any atom is 0.335 e. The van der Waals surface area contributed by atoms with Gasteiger partial charge in [-0.3, -0.25) is 0 Å². The monoisotopic (exact) mass is 382 g/mol. The lowest BCUT2D eigenvalue weighted by Gasteiger charge is -2.09. The van der Waals surface area contributed by atoms with Gasteiger partial charge in [-0.25, -0.2) is 9.59 Å². The van der Waals surface area contributed by atoms with E-state index in [2.05, 4.69) is 10.6 Å². The fourth-order valence-corrected chi connectivity index (χ4v) is 2.39. The van der Waals surface area contributed by atoms with Crippen LogP contribution in [0.15, 0.2) is 72.8 Å². The average molecular weight is 383 g/mol. The van der Waals surface area contributed by atoms with Gasteiger partial charge in [0.2, 0.25) is 0 Å². The van der Waals surface area contributed by atoms with Crippen molar-refractivity contribution in [2.75, 3.05) is 10.6 Å². The molecule has 0 saturated heterocycles. The average Bonchev–Trinajstić information content (AvgIpc) is 2.65. The molecule has 3 rings (SSSR count). The Morgan fingerprint density at radius 3 is 2.00 bits per heavy atom. The van der Waals surface area contributed by atoms with Crippen LogP contribution in [0.2, 0.25) is 5.02 Å². The minimum atomic E-state index is -1.02. The third-order valence-electron chi connectivity index (χ3n) is 3.53. The van der Waals surface area contributed by atoms with E-state index in [1.54, 1.807) is 60.7 Å². The first-order valence-corrected chi connectivity index (χ1v) is 8.32. The van der Waals surface area contributed by atoms with Crippen molar-refractivity contribution in [3.8, 4) is 11.5 Å². The lowest BCUT2D eigenvalue weighted by atomic mass is 10.2. The van der Waals surface area contributed by atoms with E-state index in [0.717, 1.165) is 0 Å². The van der Waals surface area contributed by atoms with Gasteiger partial charge >= 0.3 is 12.0 Å². The summed E-state index contributed by atoms with van der Waals surface area (Å²) in [6.07, 6.45) is 0. The molecule has 0 radical (unpaired) electrons. The van der Waals surface area contributed by atoms with E-state index in [0.29, 0.717) is 27.9 Å². The first-order chi connectivity index (χ1) is 13.0. The quantitative estimate of drug-likeness (QED) is 0.545. The minimum absolute atomic E-state index is 0.143. The van der Waals surface area contributed by atoms with Gasteiger partial charge in [-0.2, -0.15) is 0 Å². The van der Waals surface area contributed by atoms with E-state index < -0.39 is 5.97 Å². The molecule has 2 amide bonds. The summed E-state index contributed by atoms with van der Waals surface area (Å²) in [6, 6.07) is 19.3. The van der Waals surface area contributed by atoms with E-state index in [9.17, 15) is 9.59 Å². The van der Waals surface area contributed by atoms with Crippen molar-refractivity contribution in [2.24, 2.45) is 0 Å². The summed E-state index contributed by atoms with van der Waals surface area (Å²) in [5.74, 6) is -0.0935. The second kappa shape index (κ2) is 8.25. The van der Waals surface area contributed by atoms with Crippen LogP contribution in [0.1, 0.15) is 10.4 Å². The molecule has 3 aromatic rings. The van der Waals surface area contributed by atoms with Gasteiger partial charge in [-0.05, 0) is 66.7 Å². The Kier molecular flexibility index (Phi) is 5.58. The molecule has 0 atom stereocenters. The molecule has 0 aliphatic rings. The Morgan fingerprint density at radius 1 is 0.815 bits per heavy atom. The minimum Gasteiger partial charge on any atom is -0.478 e. The Bertz CT molecular complexity index is 956. The number of anilines is 2. The van der Waals surface area contributed by atoms with Crippen molar-refractivity contribution in [1.29, 1.82) is 0 Å². The lowest BCUT2D eigenvalue weighted by Crippen LogP contribution is -2.19. The van der Waals surface area contributed by atoms with Gasteiger partial charge in [0.25, 0.3) is 0 Å². The van der Waals surface area contributed by atoms with Gasteiger partial charge in [0.15, 0.2) is 0 Å². The van der Waals surface area contributed by atoms with E-state index in [1.807, 2.05) is 0 Å². The summed E-state index contributed by atoms with van der Waals surface area (Å²) < 4.78 is 5.63. The Labute approximate surface area is 160 Å². The number of amides is 2. The highest BCUT2D eigenvalue weighted by Crippen LogP contribution is 2.24. The SMILES string of the molecule is O=C(Nc1ccc(Cl)cc1)Nc1ccc(Oc2cccc(C(=O)O)c2)cc1. The maximum atomic E-state index is 12.0. The molecule has 0 fully saturated rings. The molecule has 27 heavy (non-hydrogen) atoms. The fraction of sp³-hybridized carbons (Fsp3) is 0. The molecule has 0 saturated carbocycles. The van der Waals surface area contributed by atoms with Gasteiger partial charge in [-0.15, -0.1) is 0 Å². The van der Waals surface area contributed by atoms with Gasteiger partial charge < -0.3 is 20.5 Å². The number of halogens is 1. The molecule has 0 aliphatic carbocycles. The summed E-state index contributed by atoms with van der Waals surface area (Å²) in [4.78, 5) is 23.0. The van der Waals surface area contributed by atoms with Crippen LogP contribution in [0.3, 0.4) is 0 Å². The number of nitrogens with one attached hydrogen (secondary N) is 2. The van der Waals surface area contributed by atoms with E-state index >= 15 is 0 Å². The molecular formula is C20H15ClN2O4. The Balaban J connectivity index is 1.60. The molecule has 6 nitrogen and oxygen atoms in total. The summed E-state index contributed by atoms with van der Waals surface area (Å²) in [5, 5.41) is 15.0. The number of carboxylic acid groups (broad SMARTS) is 1. The molecule has 0 unspecified atom stereocenters. The van der Waals surface area contributed by atoms with Crippen LogP contribution in [-0.4, -0.2) is 17.1 Å². The number of hydrogen-bond donors (Lipinski definition) is 3. The van der Waals surface area contributed by atoms with Crippen LogP contribution in [-0.2, 0) is 0 Å². The van der Waals surface area contributed by atoms with Crippen molar-refractivity contribution in [3.63, 3.8) is 0 Å². The fourth-order valence-electron chi connectivity index (χ4n) is 2.26. The van der Waals surface area contributed by atoms with E-state index in [-0.39, 0.29) is 11.6 Å². The molecule has 7 heteroatoms. The molecule has 3 N–H and O–H groups in total. The second-order valence-corrected chi connectivity index (χ2v) is 5.98. The van der Waals surface area contributed by atoms with Crippen molar-refractivity contribution in [1.82, 2.24) is 0 Å². The Morgan fingerprint density at radius 2 is 1.41 bits per heavy atom. The van der Waals surface area contributed by atoms with E-state index in [1.165, 1.54) is 12.1 Å². The third kappa shape index (κ3) is 5.23. The number of carbonyl (C=O) groups is 2. The molecule has 0 spiro atoms. The molecule has 3 aromatic carbocycles. The van der Waals surface area contributed by atoms with Crippen LogP contribution in [0, 0.1) is 0 Å². The van der Waals surface area contributed by atoms with Crippen LogP contribution in [0.5, 0.6) is 11.5 Å². The Hall–Kier alpha value is -3.51. The van der Waals surface area contributed by atoms with Crippen molar-refractivity contribution in [3.05, 3.63) is 83.4 Å². The number of urea groups is 1. The van der Waals surface area contributed by atoms with E-state index in [4.69, 9.17) is 21.4 Å². The molecule has 0 aromatic heterocycles. The highest BCUT2D eigenvalue weighted by atomic mass is 35.5. The zero-order chi connectivity index (χ0) is 19.2. The van der Waals surface area contributed by atoms with Crippen LogP contribution < -0.4 is 15.4 Å². The number of carbonyl (C=O) groups excluding carboxylic acids is 1. The maximum absolute atomic E-state index is 12.0. The number of carboxylic acids is 1. The molecular weight excluding hydrogens is 368 g/mol. The normalized spacial score (nSPS) is 10.1. The van der Waals surface area contributed by atoms with Crippen LogP contribution >= 0.6 is 11.6 Å². The standard InChI is InChI=1S/C20H15ClN2O4/c21-14-4-6-15(7-5-14)22-20(26)23-16-8-10-17(11-9-16)27-18-3-1-2-13(12-18)19(24)25/h1-12H,(H,24,25)(H2,22,23,26). The van der Waals surface area contributed by atoms with Crippen molar-refractivity contribution < 1.29 is 19.4 Å². The van der Waals surface area contributed by atoms with Crippen LogP contribution in [0.4, 0.5) is 16.2 Å². The first-order valence-electron chi connectivity index (χ1n) is 7.94. The van der Waals surface area contributed by atoms with Gasteiger partial charge in [-0.1, -0.05) is 17.7 Å². The zero-order valence-corrected chi connectivity index (χ0v) is 14.7. The van der Waals surface area contributed by atoms with Gasteiger partial charge in [0, 0.05) is 16.4 Å². The molecule has 0 aliphatic heterocycles. The van der Waals surface area contributed by atoms with Crippen molar-refractivity contribution >= 4 is 35.0 Å². The summed E-state index contributed by atoms with van der Waals surface area (Å²) in [7, 11) is 0. The lowest BCUT2D eigenvalue weighted by molar-refractivity contribution is 0.0696. The third-order valence-corrected chi connectivity index (χ3v) is 3.78. The number of ether oxygens (including phenoxy) is 1. The smallest absolute Gasteiger partial charge is 0.335 e. The topological polar surface area (TPSA) is 87.7 Å². The predicted octanol–water partition coefficient (Wildman–Crippen LogP) is 5.47. The highest BCUT2D eigenvalue weighted by molar-refractivity contribution is 6.30. The molecule has 136 valence electrons. The van der Waals surface area contributed by atoms with Crippen molar-refractivity contribution in [2.45, 2.75) is 0 Å². The van der Waals surface area contributed by atoms with Gasteiger partial charge in [0.05, 0.1) is 5.56 Å². The molecule has 0 bridgehead atoms. The number of rotatable bonds is 5. The number of benzene rings is 3. The first kappa shape index (κ1) is 18.3. The molecule has 0 heterocycles. The summed E-state index contributed by atoms with van der Waals surface area (Å²) in [5.41, 5.74) is 1.34. The van der Waals surface area contributed by atoms with Gasteiger partial charge in [0.1, 0.15) is 11.5 Å². The zero-order valence-electron chi connectivity index (χ0n) is 14.0.